The predicted octanol–water partition coefficient (Wildman–Crippen LogP) is 3.00. The number of carbonyl (C=O) groups is 1. The Balaban J connectivity index is 2.96. The highest BCUT2D eigenvalue weighted by Gasteiger charge is 2.18. The van der Waals surface area contributed by atoms with Crippen LogP contribution >= 0.6 is 11.6 Å². The molecule has 0 bridgehead atoms. The molecule has 1 amide bonds. The molecule has 1 unspecified atom stereocenters. The second kappa shape index (κ2) is 5.35. The average molecular weight is 240 g/mol. The highest BCUT2D eigenvalue weighted by molar-refractivity contribution is 6.18. The van der Waals surface area contributed by atoms with E-state index < -0.39 is 0 Å². The van der Waals surface area contributed by atoms with Crippen molar-refractivity contribution in [1.29, 1.82) is 0 Å². The number of carbonyl (C=O) groups excluding carboxylic acids is 1. The van der Waals surface area contributed by atoms with Crippen LogP contribution in [0.1, 0.15) is 28.4 Å². The Morgan fingerprint density at radius 3 is 2.56 bits per heavy atom. The SMILES string of the molecule is Cc1ccc(C(=O)N(C)C(C)CCl)c(C)c1. The van der Waals surface area contributed by atoms with Crippen molar-refractivity contribution in [2.75, 3.05) is 12.9 Å². The van der Waals surface area contributed by atoms with E-state index in [1.807, 2.05) is 39.0 Å². The van der Waals surface area contributed by atoms with Gasteiger partial charge in [0, 0.05) is 24.5 Å². The molecule has 0 aliphatic heterocycles. The molecular formula is C13H18ClNO. The van der Waals surface area contributed by atoms with Gasteiger partial charge in [-0.25, -0.2) is 0 Å². The second-order valence-corrected chi connectivity index (χ2v) is 4.55. The number of hydrogen-bond acceptors (Lipinski definition) is 1. The van der Waals surface area contributed by atoms with Gasteiger partial charge in [0.15, 0.2) is 0 Å². The molecule has 0 N–H and O–H groups in total. The van der Waals surface area contributed by atoms with Gasteiger partial charge in [-0.15, -0.1) is 11.6 Å². The molecule has 1 aromatic rings. The van der Waals surface area contributed by atoms with Crippen LogP contribution in [0.2, 0.25) is 0 Å². The third kappa shape index (κ3) is 2.76. The first kappa shape index (κ1) is 13.0. The summed E-state index contributed by atoms with van der Waals surface area (Å²) in [6, 6.07) is 5.91. The van der Waals surface area contributed by atoms with E-state index in [0.29, 0.717) is 5.88 Å². The quantitative estimate of drug-likeness (QED) is 0.743. The third-order valence-electron chi connectivity index (χ3n) is 2.82. The van der Waals surface area contributed by atoms with Crippen molar-refractivity contribution in [1.82, 2.24) is 4.90 Å². The topological polar surface area (TPSA) is 20.3 Å². The van der Waals surface area contributed by atoms with Gasteiger partial charge in [-0.05, 0) is 32.4 Å². The third-order valence-corrected chi connectivity index (χ3v) is 3.26. The zero-order valence-corrected chi connectivity index (χ0v) is 11.0. The molecule has 88 valence electrons. The van der Waals surface area contributed by atoms with E-state index in [1.165, 1.54) is 5.56 Å². The average Bonchev–Trinajstić information content (AvgIpc) is 2.26. The van der Waals surface area contributed by atoms with E-state index >= 15 is 0 Å². The summed E-state index contributed by atoms with van der Waals surface area (Å²) in [5.74, 6) is 0.485. The van der Waals surface area contributed by atoms with Gasteiger partial charge in [0.25, 0.3) is 5.91 Å². The number of benzene rings is 1. The fraction of sp³-hybridized carbons (Fsp3) is 0.462. The van der Waals surface area contributed by atoms with Gasteiger partial charge < -0.3 is 4.90 Å². The van der Waals surface area contributed by atoms with Gasteiger partial charge in [0.05, 0.1) is 0 Å². The molecule has 0 heterocycles. The Morgan fingerprint density at radius 1 is 1.44 bits per heavy atom. The van der Waals surface area contributed by atoms with Gasteiger partial charge in [-0.3, -0.25) is 4.79 Å². The smallest absolute Gasteiger partial charge is 0.254 e. The predicted molar refractivity (Wildman–Crippen MR) is 68.2 cm³/mol. The van der Waals surface area contributed by atoms with Gasteiger partial charge in [-0.2, -0.15) is 0 Å². The molecule has 2 nitrogen and oxygen atoms in total. The Labute approximate surface area is 102 Å². The van der Waals surface area contributed by atoms with Crippen LogP contribution in [0.3, 0.4) is 0 Å². The zero-order valence-electron chi connectivity index (χ0n) is 10.2. The maximum absolute atomic E-state index is 12.1. The molecule has 16 heavy (non-hydrogen) atoms. The molecule has 1 rings (SSSR count). The lowest BCUT2D eigenvalue weighted by Gasteiger charge is -2.23. The Hall–Kier alpha value is -1.02. The lowest BCUT2D eigenvalue weighted by Crippen LogP contribution is -2.36. The number of hydrogen-bond donors (Lipinski definition) is 0. The first-order chi connectivity index (χ1) is 7.47. The fourth-order valence-corrected chi connectivity index (χ4v) is 1.75. The lowest BCUT2D eigenvalue weighted by atomic mass is 10.0. The van der Waals surface area contributed by atoms with Crippen LogP contribution < -0.4 is 0 Å². The number of alkyl halides is 1. The van der Waals surface area contributed by atoms with Crippen LogP contribution in [0.15, 0.2) is 18.2 Å². The van der Waals surface area contributed by atoms with Crippen molar-refractivity contribution >= 4 is 17.5 Å². The van der Waals surface area contributed by atoms with E-state index in [4.69, 9.17) is 11.6 Å². The minimum atomic E-state index is 0.0330. The molecule has 1 aromatic carbocycles. The monoisotopic (exact) mass is 239 g/mol. The molecule has 0 spiro atoms. The summed E-state index contributed by atoms with van der Waals surface area (Å²) >= 11 is 5.75. The van der Waals surface area contributed by atoms with Crippen molar-refractivity contribution in [3.63, 3.8) is 0 Å². The van der Waals surface area contributed by atoms with Crippen LogP contribution in [0, 0.1) is 13.8 Å². The minimum absolute atomic E-state index is 0.0330. The van der Waals surface area contributed by atoms with Gasteiger partial charge >= 0.3 is 0 Å². The van der Waals surface area contributed by atoms with Crippen LogP contribution in [-0.2, 0) is 0 Å². The number of rotatable bonds is 3. The normalized spacial score (nSPS) is 12.3. The Kier molecular flexibility index (Phi) is 4.36. The summed E-state index contributed by atoms with van der Waals surface area (Å²) in [5, 5.41) is 0. The van der Waals surface area contributed by atoms with E-state index in [0.717, 1.165) is 11.1 Å². The van der Waals surface area contributed by atoms with E-state index in [1.54, 1.807) is 11.9 Å². The molecule has 1 atom stereocenters. The largest absolute Gasteiger partial charge is 0.338 e. The standard InChI is InChI=1S/C13H18ClNO/c1-9-5-6-12(10(2)7-9)13(16)15(4)11(3)8-14/h5-7,11H,8H2,1-4H3. The van der Waals surface area contributed by atoms with Crippen LogP contribution in [0.5, 0.6) is 0 Å². The lowest BCUT2D eigenvalue weighted by molar-refractivity contribution is 0.0756. The molecule has 0 saturated carbocycles. The molecular weight excluding hydrogens is 222 g/mol. The molecule has 0 radical (unpaired) electrons. The molecule has 0 fully saturated rings. The van der Waals surface area contributed by atoms with Gasteiger partial charge in [-0.1, -0.05) is 17.7 Å². The number of halogens is 1. The van der Waals surface area contributed by atoms with Crippen molar-refractivity contribution in [2.45, 2.75) is 26.8 Å². The second-order valence-electron chi connectivity index (χ2n) is 4.24. The van der Waals surface area contributed by atoms with Crippen molar-refractivity contribution < 1.29 is 4.79 Å². The maximum Gasteiger partial charge on any atom is 0.254 e. The highest BCUT2D eigenvalue weighted by atomic mass is 35.5. The number of nitrogens with zero attached hydrogens (tertiary/aromatic N) is 1. The molecule has 0 aromatic heterocycles. The summed E-state index contributed by atoms with van der Waals surface area (Å²) in [7, 11) is 1.79. The van der Waals surface area contributed by atoms with E-state index in [-0.39, 0.29) is 11.9 Å². The van der Waals surface area contributed by atoms with Gasteiger partial charge in [0.1, 0.15) is 0 Å². The first-order valence-corrected chi connectivity index (χ1v) is 5.91. The van der Waals surface area contributed by atoms with E-state index in [9.17, 15) is 4.79 Å². The highest BCUT2D eigenvalue weighted by Crippen LogP contribution is 2.14. The van der Waals surface area contributed by atoms with Crippen LogP contribution in [0.25, 0.3) is 0 Å². The first-order valence-electron chi connectivity index (χ1n) is 5.37. The zero-order chi connectivity index (χ0) is 12.3. The summed E-state index contributed by atoms with van der Waals surface area (Å²) in [5.41, 5.74) is 2.94. The summed E-state index contributed by atoms with van der Waals surface area (Å²) in [6.45, 7) is 5.92. The van der Waals surface area contributed by atoms with Crippen LogP contribution in [0.4, 0.5) is 0 Å². The Bertz CT molecular complexity index is 390. The van der Waals surface area contributed by atoms with Crippen molar-refractivity contribution in [2.24, 2.45) is 0 Å². The summed E-state index contributed by atoms with van der Waals surface area (Å²) in [4.78, 5) is 13.8. The van der Waals surface area contributed by atoms with Crippen LogP contribution in [-0.4, -0.2) is 29.8 Å². The number of amides is 1. The van der Waals surface area contributed by atoms with Crippen molar-refractivity contribution in [3.05, 3.63) is 34.9 Å². The molecule has 3 heteroatoms. The Morgan fingerprint density at radius 2 is 2.06 bits per heavy atom. The summed E-state index contributed by atoms with van der Waals surface area (Å²) < 4.78 is 0. The molecule has 0 aliphatic carbocycles. The maximum atomic E-state index is 12.1. The number of aryl methyl sites for hydroxylation is 2. The van der Waals surface area contributed by atoms with Crippen molar-refractivity contribution in [3.8, 4) is 0 Å². The molecule has 0 aliphatic rings. The summed E-state index contributed by atoms with van der Waals surface area (Å²) in [6.07, 6.45) is 0. The van der Waals surface area contributed by atoms with Gasteiger partial charge in [0.2, 0.25) is 0 Å². The van der Waals surface area contributed by atoms with E-state index in [2.05, 4.69) is 0 Å². The minimum Gasteiger partial charge on any atom is -0.338 e. The fourth-order valence-electron chi connectivity index (χ4n) is 1.55. The molecule has 0 saturated heterocycles.